The lowest BCUT2D eigenvalue weighted by Crippen LogP contribution is -2.44. The highest BCUT2D eigenvalue weighted by atomic mass is 15.3. The van der Waals surface area contributed by atoms with Crippen molar-refractivity contribution < 1.29 is 0 Å². The monoisotopic (exact) mass is 195 g/mol. The van der Waals surface area contributed by atoms with Crippen LogP contribution >= 0.6 is 0 Å². The third-order valence-corrected chi connectivity index (χ3v) is 2.51. The van der Waals surface area contributed by atoms with Gasteiger partial charge in [-0.3, -0.25) is 9.58 Å². The molecule has 1 fully saturated rings. The topological polar surface area (TPSA) is 59.1 Å². The summed E-state index contributed by atoms with van der Waals surface area (Å²) in [5, 5.41) is 7.48. The van der Waals surface area contributed by atoms with Gasteiger partial charge in [0.1, 0.15) is 0 Å². The molecule has 2 rings (SSSR count). The quantitative estimate of drug-likeness (QED) is 0.674. The van der Waals surface area contributed by atoms with Gasteiger partial charge in [-0.25, -0.2) is 0 Å². The van der Waals surface area contributed by atoms with E-state index in [9.17, 15) is 0 Å². The van der Waals surface area contributed by atoms with Gasteiger partial charge in [0.15, 0.2) is 0 Å². The zero-order valence-corrected chi connectivity index (χ0v) is 8.32. The van der Waals surface area contributed by atoms with Crippen LogP contribution in [0, 0.1) is 0 Å². The van der Waals surface area contributed by atoms with Crippen molar-refractivity contribution in [3.8, 4) is 0 Å². The molecule has 1 saturated heterocycles. The van der Waals surface area contributed by atoms with Gasteiger partial charge in [-0.05, 0) is 0 Å². The first-order valence-corrected chi connectivity index (χ1v) is 5.05. The molecule has 78 valence electrons. The molecule has 5 nitrogen and oxygen atoms in total. The van der Waals surface area contributed by atoms with Gasteiger partial charge in [0, 0.05) is 38.9 Å². The molecule has 0 atom stereocenters. The molecule has 1 aromatic heterocycles. The van der Waals surface area contributed by atoms with Crippen LogP contribution in [0.2, 0.25) is 0 Å². The molecule has 0 radical (unpaired) electrons. The number of nitrogens with zero attached hydrogens (tertiary/aromatic N) is 3. The number of hydrogen-bond donors (Lipinski definition) is 2. The standard InChI is InChI=1S/C9H17N5/c10-9-7-12-14(8-9)6-5-13-3-1-11-2-4-13/h7-8,11H,1-6,10H2. The molecule has 0 aromatic carbocycles. The molecule has 2 heterocycles. The van der Waals surface area contributed by atoms with Gasteiger partial charge in [0.2, 0.25) is 0 Å². The average molecular weight is 195 g/mol. The summed E-state index contributed by atoms with van der Waals surface area (Å²) in [6, 6.07) is 0. The fourth-order valence-corrected chi connectivity index (χ4v) is 1.68. The first-order chi connectivity index (χ1) is 6.84. The maximum Gasteiger partial charge on any atom is 0.0719 e. The van der Waals surface area contributed by atoms with Crippen molar-refractivity contribution in [2.24, 2.45) is 0 Å². The Morgan fingerprint density at radius 3 is 2.79 bits per heavy atom. The number of anilines is 1. The Hall–Kier alpha value is -1.07. The van der Waals surface area contributed by atoms with E-state index in [-0.39, 0.29) is 0 Å². The van der Waals surface area contributed by atoms with E-state index >= 15 is 0 Å². The molecule has 0 amide bonds. The Labute approximate surface area is 83.9 Å². The number of aromatic nitrogens is 2. The highest BCUT2D eigenvalue weighted by Gasteiger charge is 2.08. The number of piperazine rings is 1. The van der Waals surface area contributed by atoms with Crippen LogP contribution in [0.25, 0.3) is 0 Å². The van der Waals surface area contributed by atoms with E-state index < -0.39 is 0 Å². The molecule has 3 N–H and O–H groups in total. The van der Waals surface area contributed by atoms with Crippen molar-refractivity contribution in [1.82, 2.24) is 20.0 Å². The zero-order chi connectivity index (χ0) is 9.80. The minimum atomic E-state index is 0.741. The van der Waals surface area contributed by atoms with E-state index in [0.717, 1.165) is 45.0 Å². The van der Waals surface area contributed by atoms with E-state index in [1.54, 1.807) is 6.20 Å². The Kier molecular flexibility index (Phi) is 3.00. The van der Waals surface area contributed by atoms with Gasteiger partial charge in [-0.2, -0.15) is 5.10 Å². The third kappa shape index (κ3) is 2.46. The van der Waals surface area contributed by atoms with Gasteiger partial charge >= 0.3 is 0 Å². The SMILES string of the molecule is Nc1cnn(CCN2CCNCC2)c1. The number of nitrogen functional groups attached to an aromatic ring is 1. The molecule has 1 aromatic rings. The second-order valence-corrected chi connectivity index (χ2v) is 3.63. The summed E-state index contributed by atoms with van der Waals surface area (Å²) in [5.74, 6) is 0. The molecular weight excluding hydrogens is 178 g/mol. The van der Waals surface area contributed by atoms with Crippen molar-refractivity contribution in [2.75, 3.05) is 38.5 Å². The van der Waals surface area contributed by atoms with E-state index in [4.69, 9.17) is 5.73 Å². The zero-order valence-electron chi connectivity index (χ0n) is 8.32. The molecule has 0 aliphatic carbocycles. The molecule has 0 saturated carbocycles. The average Bonchev–Trinajstić information content (AvgIpc) is 2.63. The molecule has 14 heavy (non-hydrogen) atoms. The summed E-state index contributed by atoms with van der Waals surface area (Å²) in [6.07, 6.45) is 3.57. The van der Waals surface area contributed by atoms with Crippen LogP contribution in [0.4, 0.5) is 5.69 Å². The third-order valence-electron chi connectivity index (χ3n) is 2.51. The summed E-state index contributed by atoms with van der Waals surface area (Å²) in [6.45, 7) is 6.45. The van der Waals surface area contributed by atoms with Gasteiger partial charge in [0.25, 0.3) is 0 Å². The number of nitrogens with one attached hydrogen (secondary N) is 1. The lowest BCUT2D eigenvalue weighted by Gasteiger charge is -2.26. The fourth-order valence-electron chi connectivity index (χ4n) is 1.68. The minimum absolute atomic E-state index is 0.741. The highest BCUT2D eigenvalue weighted by molar-refractivity contribution is 5.30. The summed E-state index contributed by atoms with van der Waals surface area (Å²) < 4.78 is 1.90. The Bertz CT molecular complexity index is 276. The highest BCUT2D eigenvalue weighted by Crippen LogP contribution is 1.99. The molecule has 0 spiro atoms. The Balaban J connectivity index is 1.76. The Morgan fingerprint density at radius 2 is 2.14 bits per heavy atom. The van der Waals surface area contributed by atoms with E-state index in [2.05, 4.69) is 15.3 Å². The lowest BCUT2D eigenvalue weighted by molar-refractivity contribution is 0.229. The predicted molar refractivity (Wildman–Crippen MR) is 55.9 cm³/mol. The van der Waals surface area contributed by atoms with E-state index in [0.29, 0.717) is 0 Å². The number of hydrogen-bond acceptors (Lipinski definition) is 4. The molecular formula is C9H17N5. The first kappa shape index (κ1) is 9.48. The molecule has 0 unspecified atom stereocenters. The van der Waals surface area contributed by atoms with Crippen molar-refractivity contribution >= 4 is 5.69 Å². The van der Waals surface area contributed by atoms with E-state index in [1.165, 1.54) is 0 Å². The predicted octanol–water partition coefficient (Wildman–Crippen LogP) is -0.629. The smallest absolute Gasteiger partial charge is 0.0719 e. The van der Waals surface area contributed by atoms with Crippen LogP contribution in [-0.2, 0) is 6.54 Å². The molecule has 1 aliphatic heterocycles. The van der Waals surface area contributed by atoms with Crippen LogP contribution in [-0.4, -0.2) is 47.4 Å². The van der Waals surface area contributed by atoms with Crippen LogP contribution in [0.3, 0.4) is 0 Å². The van der Waals surface area contributed by atoms with Crippen LogP contribution < -0.4 is 11.1 Å². The van der Waals surface area contributed by atoms with Crippen molar-refractivity contribution in [3.05, 3.63) is 12.4 Å². The van der Waals surface area contributed by atoms with E-state index in [1.807, 2.05) is 10.9 Å². The van der Waals surface area contributed by atoms with Crippen molar-refractivity contribution in [2.45, 2.75) is 6.54 Å². The molecule has 0 bridgehead atoms. The second-order valence-electron chi connectivity index (χ2n) is 3.63. The number of nitrogens with two attached hydrogens (primary N) is 1. The summed E-state index contributed by atoms with van der Waals surface area (Å²) in [4.78, 5) is 2.44. The number of rotatable bonds is 3. The maximum atomic E-state index is 5.58. The molecule has 5 heteroatoms. The van der Waals surface area contributed by atoms with Crippen LogP contribution in [0.15, 0.2) is 12.4 Å². The van der Waals surface area contributed by atoms with Crippen LogP contribution in [0.1, 0.15) is 0 Å². The normalized spacial score (nSPS) is 18.6. The maximum absolute atomic E-state index is 5.58. The lowest BCUT2D eigenvalue weighted by atomic mass is 10.3. The summed E-state index contributed by atoms with van der Waals surface area (Å²) >= 11 is 0. The largest absolute Gasteiger partial charge is 0.396 e. The van der Waals surface area contributed by atoms with Gasteiger partial charge in [0.05, 0.1) is 18.4 Å². The van der Waals surface area contributed by atoms with Gasteiger partial charge in [-0.15, -0.1) is 0 Å². The first-order valence-electron chi connectivity index (χ1n) is 5.05. The fraction of sp³-hybridized carbons (Fsp3) is 0.667. The molecule has 1 aliphatic rings. The van der Waals surface area contributed by atoms with Crippen LogP contribution in [0.5, 0.6) is 0 Å². The summed E-state index contributed by atoms with van der Waals surface area (Å²) in [7, 11) is 0. The van der Waals surface area contributed by atoms with Crippen molar-refractivity contribution in [3.63, 3.8) is 0 Å². The summed E-state index contributed by atoms with van der Waals surface area (Å²) in [5.41, 5.74) is 6.32. The van der Waals surface area contributed by atoms with Gasteiger partial charge < -0.3 is 11.1 Å². The second kappa shape index (κ2) is 4.43. The van der Waals surface area contributed by atoms with Gasteiger partial charge in [-0.1, -0.05) is 0 Å². The minimum Gasteiger partial charge on any atom is -0.396 e. The Morgan fingerprint density at radius 1 is 1.36 bits per heavy atom. The van der Waals surface area contributed by atoms with Crippen molar-refractivity contribution in [1.29, 1.82) is 0 Å².